The number of carboxylic acids is 1. The molecule has 4 heteroatoms. The third-order valence-electron chi connectivity index (χ3n) is 0. The molecule has 0 unspecified atom stereocenters. The third-order valence-corrected chi connectivity index (χ3v) is 0. The number of hydrogen-bond acceptors (Lipinski definition) is 2. The molecule has 0 atom stereocenters. The van der Waals surface area contributed by atoms with Crippen LogP contribution in [0.25, 0.3) is 0 Å². The molecule has 3 nitrogen and oxygen atoms in total. The number of carboxylic acid groups (broad SMARTS) is 1. The van der Waals surface area contributed by atoms with Gasteiger partial charge in [-0.15, -0.1) is 0 Å². The van der Waals surface area contributed by atoms with E-state index in [0.29, 0.717) is 0 Å². The predicted octanol–water partition coefficient (Wildman–Crippen LogP) is -3.09. The molecule has 8 heavy (non-hydrogen) atoms. The first-order valence-electron chi connectivity index (χ1n) is 1.74. The Morgan fingerprint density at radius 3 is 1.75 bits per heavy atom. The Morgan fingerprint density at radius 2 is 1.75 bits per heavy atom. The minimum absolute atomic E-state index is 0. The van der Waals surface area contributed by atoms with Crippen LogP contribution in [0.3, 0.4) is 0 Å². The second-order valence-corrected chi connectivity index (χ2v) is 0.743. The average molecular weight is 128 g/mol. The van der Waals surface area contributed by atoms with E-state index in [-0.39, 0.29) is 36.2 Å². The zero-order valence-electron chi connectivity index (χ0n) is 5.22. The molecule has 2 N–H and O–H groups in total. The van der Waals surface area contributed by atoms with Crippen LogP contribution in [0.15, 0.2) is 0 Å². The van der Waals surface area contributed by atoms with Gasteiger partial charge in [-0.05, 0) is 0 Å². The molecule has 44 valence electrons. The summed E-state index contributed by atoms with van der Waals surface area (Å²) in [4.78, 5) is 9.00. The van der Waals surface area contributed by atoms with E-state index in [1.807, 2.05) is 0 Å². The van der Waals surface area contributed by atoms with Crippen LogP contribution in [0.5, 0.6) is 0 Å². The van der Waals surface area contributed by atoms with Crippen LogP contribution >= 0.6 is 0 Å². The summed E-state index contributed by atoms with van der Waals surface area (Å²) < 4.78 is 0. The summed E-state index contributed by atoms with van der Waals surface area (Å²) in [5.74, 6) is -0.833. The van der Waals surface area contributed by atoms with Crippen LogP contribution in [0, 0.1) is 6.92 Å². The first-order chi connectivity index (χ1) is 3.15. The molecule has 0 spiro atoms. The minimum Gasteiger partial charge on any atom is -0.481 e. The van der Waals surface area contributed by atoms with Crippen molar-refractivity contribution in [2.24, 2.45) is 0 Å². The van der Waals surface area contributed by atoms with Crippen molar-refractivity contribution in [3.8, 4) is 0 Å². The standard InChI is InChI=1S/C2H4O2.C2H5O.Na/c1-2(3)4;1-2-3;/h1H3,(H,3,4);3H,1-2H2;/q;-1;+1. The van der Waals surface area contributed by atoms with Crippen LogP contribution in [0.1, 0.15) is 6.92 Å². The summed E-state index contributed by atoms with van der Waals surface area (Å²) in [5, 5.41) is 14.9. The monoisotopic (exact) mass is 128 g/mol. The van der Waals surface area contributed by atoms with Gasteiger partial charge in [-0.2, -0.15) is 0 Å². The maximum absolute atomic E-state index is 9.00. The van der Waals surface area contributed by atoms with Crippen LogP contribution in [-0.2, 0) is 4.79 Å². The van der Waals surface area contributed by atoms with E-state index in [2.05, 4.69) is 6.92 Å². The van der Waals surface area contributed by atoms with Crippen LogP contribution < -0.4 is 29.6 Å². The predicted molar refractivity (Wildman–Crippen MR) is 25.8 cm³/mol. The van der Waals surface area contributed by atoms with Gasteiger partial charge in [0.05, 0.1) is 0 Å². The zero-order valence-corrected chi connectivity index (χ0v) is 7.22. The number of hydrogen-bond donors (Lipinski definition) is 2. The van der Waals surface area contributed by atoms with Crippen molar-refractivity contribution in [3.05, 3.63) is 6.92 Å². The fourth-order valence-corrected chi connectivity index (χ4v) is 0. The van der Waals surface area contributed by atoms with Gasteiger partial charge in [-0.3, -0.25) is 4.79 Å². The summed E-state index contributed by atoms with van der Waals surface area (Å²) in [5.41, 5.74) is 0. The van der Waals surface area contributed by atoms with Gasteiger partial charge in [-0.25, -0.2) is 0 Å². The second-order valence-electron chi connectivity index (χ2n) is 0.743. The number of aliphatic hydroxyl groups is 1. The van der Waals surface area contributed by atoms with Crippen LogP contribution in [0.2, 0.25) is 0 Å². The Hall–Kier alpha value is 0.430. The molecule has 0 rings (SSSR count). The van der Waals surface area contributed by atoms with Crippen LogP contribution in [-0.4, -0.2) is 22.8 Å². The summed E-state index contributed by atoms with van der Waals surface area (Å²) in [6.45, 7) is 4.12. The van der Waals surface area contributed by atoms with Crippen LogP contribution in [0.4, 0.5) is 0 Å². The van der Waals surface area contributed by atoms with Gasteiger partial charge in [0, 0.05) is 6.92 Å². The van der Waals surface area contributed by atoms with Gasteiger partial charge in [0.25, 0.3) is 5.97 Å². The summed E-state index contributed by atoms with van der Waals surface area (Å²) in [7, 11) is 0. The van der Waals surface area contributed by atoms with E-state index in [0.717, 1.165) is 6.92 Å². The zero-order chi connectivity index (χ0) is 6.28. The quantitative estimate of drug-likeness (QED) is 0.268. The van der Waals surface area contributed by atoms with Crippen molar-refractivity contribution < 1.29 is 44.6 Å². The van der Waals surface area contributed by atoms with Gasteiger partial charge >= 0.3 is 29.6 Å². The number of aliphatic carboxylic acids is 1. The molecule has 0 aromatic carbocycles. The fourth-order valence-electron chi connectivity index (χ4n) is 0. The number of aliphatic hydroxyl groups excluding tert-OH is 1. The maximum Gasteiger partial charge on any atom is 1.00 e. The van der Waals surface area contributed by atoms with Gasteiger partial charge in [-0.1, -0.05) is 6.61 Å². The van der Waals surface area contributed by atoms with Crippen molar-refractivity contribution >= 4 is 5.97 Å². The van der Waals surface area contributed by atoms with E-state index in [1.54, 1.807) is 0 Å². The molecule has 0 fully saturated rings. The molecule has 0 radical (unpaired) electrons. The number of rotatable bonds is 0. The number of carbonyl (C=O) groups is 1. The van der Waals surface area contributed by atoms with Crippen molar-refractivity contribution in [1.82, 2.24) is 0 Å². The molecule has 0 amide bonds. The minimum atomic E-state index is -0.833. The maximum atomic E-state index is 9.00. The van der Waals surface area contributed by atoms with Gasteiger partial charge in [0.15, 0.2) is 0 Å². The summed E-state index contributed by atoms with van der Waals surface area (Å²) >= 11 is 0. The molecule has 0 bridgehead atoms. The summed E-state index contributed by atoms with van der Waals surface area (Å²) in [6, 6.07) is 0. The molecule has 0 heterocycles. The molecule has 0 aromatic heterocycles. The first kappa shape index (κ1) is 15.8. The van der Waals surface area contributed by atoms with Crippen molar-refractivity contribution in [2.75, 3.05) is 6.61 Å². The molecular formula is C4H9NaO3. The Balaban J connectivity index is -0.0000000575. The van der Waals surface area contributed by atoms with Crippen molar-refractivity contribution in [2.45, 2.75) is 6.92 Å². The SMILES string of the molecule is CC(=O)O.[CH2-]CO.[Na+]. The largest absolute Gasteiger partial charge is 1.00 e. The molecule has 0 aliphatic rings. The topological polar surface area (TPSA) is 57.5 Å². The molecule has 0 aliphatic carbocycles. The normalized spacial score (nSPS) is 5.38. The smallest absolute Gasteiger partial charge is 0.481 e. The van der Waals surface area contributed by atoms with E-state index in [1.165, 1.54) is 0 Å². The second kappa shape index (κ2) is 15.7. The molecule has 0 aromatic rings. The fraction of sp³-hybridized carbons (Fsp3) is 0.500. The van der Waals surface area contributed by atoms with E-state index < -0.39 is 5.97 Å². The Morgan fingerprint density at radius 1 is 1.75 bits per heavy atom. The average Bonchev–Trinajstić information content (AvgIpc) is 1.33. The van der Waals surface area contributed by atoms with E-state index >= 15 is 0 Å². The molecule has 0 aliphatic heterocycles. The van der Waals surface area contributed by atoms with E-state index in [9.17, 15) is 0 Å². The van der Waals surface area contributed by atoms with E-state index in [4.69, 9.17) is 15.0 Å². The summed E-state index contributed by atoms with van der Waals surface area (Å²) in [6.07, 6.45) is 0. The van der Waals surface area contributed by atoms with Gasteiger partial charge in [0.2, 0.25) is 0 Å². The molecular weight excluding hydrogens is 119 g/mol. The van der Waals surface area contributed by atoms with Gasteiger partial charge in [0.1, 0.15) is 0 Å². The van der Waals surface area contributed by atoms with Crippen molar-refractivity contribution in [3.63, 3.8) is 0 Å². The first-order valence-corrected chi connectivity index (χ1v) is 1.74. The van der Waals surface area contributed by atoms with Gasteiger partial charge < -0.3 is 17.1 Å². The third kappa shape index (κ3) is 1030. The van der Waals surface area contributed by atoms with Crippen molar-refractivity contribution in [1.29, 1.82) is 0 Å². The molecule has 0 saturated heterocycles. The Kier molecular flexibility index (Phi) is 30.9. The Labute approximate surface area is 71.0 Å². The molecule has 0 saturated carbocycles. The Bertz CT molecular complexity index is 42.5.